The minimum absolute atomic E-state index is 0.257. The number of ether oxygens (including phenoxy) is 1. The van der Waals surface area contributed by atoms with Crippen LogP contribution in [0.3, 0.4) is 0 Å². The van der Waals surface area contributed by atoms with Gasteiger partial charge in [0.05, 0.1) is 6.20 Å². The first-order chi connectivity index (χ1) is 15.6. The van der Waals surface area contributed by atoms with Crippen molar-refractivity contribution in [3.05, 3.63) is 46.7 Å². The molecule has 1 aromatic carbocycles. The van der Waals surface area contributed by atoms with Crippen molar-refractivity contribution in [2.45, 2.75) is 26.4 Å². The van der Waals surface area contributed by atoms with E-state index in [9.17, 15) is 9.59 Å². The first kappa shape index (κ1) is 23.2. The minimum Gasteiger partial charge on any atom is -0.442 e. The van der Waals surface area contributed by atoms with Crippen molar-refractivity contribution in [1.82, 2.24) is 19.7 Å². The number of halogens is 1. The van der Waals surface area contributed by atoms with Crippen LogP contribution in [0.1, 0.15) is 31.1 Å². The molecule has 0 saturated carbocycles. The van der Waals surface area contributed by atoms with Crippen molar-refractivity contribution in [3.8, 4) is 0 Å². The zero-order chi connectivity index (χ0) is 23.8. The van der Waals surface area contributed by atoms with Crippen LogP contribution < -0.4 is 10.2 Å². The van der Waals surface area contributed by atoms with Gasteiger partial charge in [-0.15, -0.1) is 5.10 Å². The molecule has 1 fully saturated rings. The molecule has 0 atom stereocenters. The number of nitrogens with zero attached hydrogens (tertiary/aromatic N) is 5. The van der Waals surface area contributed by atoms with E-state index in [1.54, 1.807) is 39.0 Å². The Kier molecular flexibility index (Phi) is 6.40. The van der Waals surface area contributed by atoms with E-state index >= 15 is 0 Å². The van der Waals surface area contributed by atoms with Gasteiger partial charge in [-0.25, -0.2) is 9.78 Å². The summed E-state index contributed by atoms with van der Waals surface area (Å²) in [6.07, 6.45) is 0.866. The van der Waals surface area contributed by atoms with Crippen LogP contribution in [0, 0.1) is 0 Å². The van der Waals surface area contributed by atoms with Gasteiger partial charge in [0, 0.05) is 42.8 Å². The zero-order valence-electron chi connectivity index (χ0n) is 19.1. The average molecular weight is 515 g/mol. The molecule has 0 spiro atoms. The summed E-state index contributed by atoms with van der Waals surface area (Å²) in [5.41, 5.74) is 1.34. The maximum atomic E-state index is 13.0. The normalized spacial score (nSPS) is 15.0. The fourth-order valence-electron chi connectivity index (χ4n) is 3.59. The lowest BCUT2D eigenvalue weighted by atomic mass is 10.1. The number of carbonyl (C=O) groups is 2. The second-order valence-corrected chi connectivity index (χ2v) is 9.87. The Morgan fingerprint density at radius 1 is 1.09 bits per heavy atom. The number of aromatic nitrogens is 3. The molecule has 0 aliphatic carbocycles. The number of likely N-dealkylation sites (N-methyl/N-ethyl adjacent to an activating group) is 1. The smallest absolute Gasteiger partial charge is 0.435 e. The third-order valence-corrected chi connectivity index (χ3v) is 5.76. The summed E-state index contributed by atoms with van der Waals surface area (Å²) in [6.45, 7) is 9.28. The van der Waals surface area contributed by atoms with Crippen LogP contribution in [0.2, 0.25) is 0 Å². The molecule has 0 unspecified atom stereocenters. The number of anilines is 2. The van der Waals surface area contributed by atoms with Crippen LogP contribution in [-0.2, 0) is 4.74 Å². The van der Waals surface area contributed by atoms with Gasteiger partial charge in [-0.2, -0.15) is 4.68 Å². The van der Waals surface area contributed by atoms with Gasteiger partial charge in [0.25, 0.3) is 5.91 Å². The predicted octanol–water partition coefficient (Wildman–Crippen LogP) is 3.98. The molecular weight excluding hydrogens is 488 g/mol. The number of amides is 1. The van der Waals surface area contributed by atoms with Crippen LogP contribution in [-0.4, -0.2) is 70.5 Å². The SMILES string of the molecule is CN1CCN(c2ccc(C(=O)Nc3nn(C(=O)OC(C)(C)C)c4cnc(Br)cc34)cc2)CC1. The van der Waals surface area contributed by atoms with Gasteiger partial charge in [0.1, 0.15) is 15.7 Å². The number of fused-ring (bicyclic) bond motifs is 1. The number of carbonyl (C=O) groups excluding carboxylic acids is 2. The molecule has 174 valence electrons. The number of piperazine rings is 1. The molecule has 1 aliphatic rings. The first-order valence-electron chi connectivity index (χ1n) is 10.7. The van der Waals surface area contributed by atoms with E-state index in [0.29, 0.717) is 21.1 Å². The van der Waals surface area contributed by atoms with Crippen LogP contribution in [0.5, 0.6) is 0 Å². The number of pyridine rings is 1. The lowest BCUT2D eigenvalue weighted by Gasteiger charge is -2.34. The maximum Gasteiger partial charge on any atom is 0.435 e. The van der Waals surface area contributed by atoms with Gasteiger partial charge in [-0.1, -0.05) is 0 Å². The summed E-state index contributed by atoms with van der Waals surface area (Å²) >= 11 is 3.34. The second kappa shape index (κ2) is 9.11. The predicted molar refractivity (Wildman–Crippen MR) is 131 cm³/mol. The van der Waals surface area contributed by atoms with Crippen LogP contribution in [0.25, 0.3) is 10.9 Å². The topological polar surface area (TPSA) is 92.6 Å². The summed E-state index contributed by atoms with van der Waals surface area (Å²) < 4.78 is 7.12. The lowest BCUT2D eigenvalue weighted by Crippen LogP contribution is -2.44. The summed E-state index contributed by atoms with van der Waals surface area (Å²) in [5, 5.41) is 7.71. The highest BCUT2D eigenvalue weighted by Crippen LogP contribution is 2.26. The van der Waals surface area contributed by atoms with Crippen molar-refractivity contribution in [2.75, 3.05) is 43.4 Å². The Balaban J connectivity index is 1.56. The monoisotopic (exact) mass is 514 g/mol. The molecule has 0 radical (unpaired) electrons. The van der Waals surface area contributed by atoms with Gasteiger partial charge >= 0.3 is 6.09 Å². The standard InChI is InChI=1S/C23H27BrN6O3/c1-23(2,3)33-22(32)30-18-14-25-19(24)13-17(18)20(27-30)26-21(31)15-5-7-16(8-6-15)29-11-9-28(4)10-12-29/h5-8,13-14H,9-12H2,1-4H3,(H,26,27,31). The highest BCUT2D eigenvalue weighted by atomic mass is 79.9. The van der Waals surface area contributed by atoms with Gasteiger partial charge in [-0.05, 0) is 74.1 Å². The minimum atomic E-state index is -0.687. The second-order valence-electron chi connectivity index (χ2n) is 9.06. The maximum absolute atomic E-state index is 13.0. The molecule has 33 heavy (non-hydrogen) atoms. The number of rotatable bonds is 3. The van der Waals surface area contributed by atoms with Crippen LogP contribution in [0.4, 0.5) is 16.3 Å². The highest BCUT2D eigenvalue weighted by Gasteiger charge is 2.24. The van der Waals surface area contributed by atoms with Crippen molar-refractivity contribution < 1.29 is 14.3 Å². The van der Waals surface area contributed by atoms with Crippen molar-refractivity contribution >= 4 is 50.3 Å². The Hall–Kier alpha value is -2.98. The average Bonchev–Trinajstić information content (AvgIpc) is 3.11. The van der Waals surface area contributed by atoms with Gasteiger partial charge in [0.2, 0.25) is 0 Å². The van der Waals surface area contributed by atoms with E-state index in [4.69, 9.17) is 4.74 Å². The van der Waals surface area contributed by atoms with Gasteiger partial charge in [-0.3, -0.25) is 4.79 Å². The molecule has 3 heterocycles. The molecule has 4 rings (SSSR count). The largest absolute Gasteiger partial charge is 0.442 e. The summed E-state index contributed by atoms with van der Waals surface area (Å²) in [7, 11) is 2.12. The number of hydrogen-bond donors (Lipinski definition) is 1. The Morgan fingerprint density at radius 2 is 1.76 bits per heavy atom. The Morgan fingerprint density at radius 3 is 2.39 bits per heavy atom. The Labute approximate surface area is 200 Å². The summed E-state index contributed by atoms with van der Waals surface area (Å²) in [4.78, 5) is 34.4. The van der Waals surface area contributed by atoms with Gasteiger partial charge < -0.3 is 19.9 Å². The fourth-order valence-corrected chi connectivity index (χ4v) is 3.92. The number of benzene rings is 1. The third kappa shape index (κ3) is 5.33. The molecule has 2 aromatic heterocycles. The van der Waals surface area contributed by atoms with E-state index in [-0.39, 0.29) is 11.7 Å². The highest BCUT2D eigenvalue weighted by molar-refractivity contribution is 9.10. The molecule has 1 saturated heterocycles. The summed E-state index contributed by atoms with van der Waals surface area (Å²) in [5.74, 6) is -0.0595. The molecule has 9 nitrogen and oxygen atoms in total. The lowest BCUT2D eigenvalue weighted by molar-refractivity contribution is 0.0522. The first-order valence-corrected chi connectivity index (χ1v) is 11.5. The molecule has 10 heteroatoms. The molecule has 3 aromatic rings. The van der Waals surface area contributed by atoms with E-state index in [0.717, 1.165) is 36.5 Å². The number of hydrogen-bond acceptors (Lipinski definition) is 7. The zero-order valence-corrected chi connectivity index (χ0v) is 20.7. The van der Waals surface area contributed by atoms with Crippen molar-refractivity contribution in [3.63, 3.8) is 0 Å². The van der Waals surface area contributed by atoms with Crippen LogP contribution >= 0.6 is 15.9 Å². The summed E-state index contributed by atoms with van der Waals surface area (Å²) in [6, 6.07) is 9.21. The molecule has 1 N–H and O–H groups in total. The molecule has 1 aliphatic heterocycles. The number of nitrogens with one attached hydrogen (secondary N) is 1. The van der Waals surface area contributed by atoms with Crippen molar-refractivity contribution in [1.29, 1.82) is 0 Å². The van der Waals surface area contributed by atoms with E-state index < -0.39 is 11.7 Å². The third-order valence-electron chi connectivity index (χ3n) is 5.33. The van der Waals surface area contributed by atoms with Gasteiger partial charge in [0.15, 0.2) is 5.82 Å². The van der Waals surface area contributed by atoms with E-state index in [1.165, 1.54) is 6.20 Å². The molecule has 1 amide bonds. The Bertz CT molecular complexity index is 1180. The van der Waals surface area contributed by atoms with E-state index in [2.05, 4.69) is 48.2 Å². The van der Waals surface area contributed by atoms with E-state index in [1.807, 2.05) is 12.1 Å². The molecular formula is C23H27BrN6O3. The fraction of sp³-hybridized carbons (Fsp3) is 0.391. The van der Waals surface area contributed by atoms with Crippen LogP contribution in [0.15, 0.2) is 41.1 Å². The quantitative estimate of drug-likeness (QED) is 0.528. The molecule has 0 bridgehead atoms. The van der Waals surface area contributed by atoms with Crippen molar-refractivity contribution in [2.24, 2.45) is 0 Å².